The van der Waals surface area contributed by atoms with E-state index >= 15 is 0 Å². The third kappa shape index (κ3) is 2.92. The molecule has 0 radical (unpaired) electrons. The molecule has 20 heavy (non-hydrogen) atoms. The molecule has 1 heterocycles. The number of carboxylic acids is 1. The predicted molar refractivity (Wildman–Crippen MR) is 73.2 cm³/mol. The van der Waals surface area contributed by atoms with Gasteiger partial charge in [0.1, 0.15) is 12.6 Å². The molecule has 108 valence electrons. The number of hydrogen-bond acceptors (Lipinski definition) is 3. The molecular weight excluding hydrogens is 258 g/mol. The Morgan fingerprint density at radius 1 is 1.35 bits per heavy atom. The van der Waals surface area contributed by atoms with Crippen LogP contribution in [-0.4, -0.2) is 33.6 Å². The lowest BCUT2D eigenvalue weighted by molar-refractivity contribution is -0.142. The van der Waals surface area contributed by atoms with E-state index in [1.54, 1.807) is 0 Å². The number of aliphatic carboxylic acids is 1. The van der Waals surface area contributed by atoms with Gasteiger partial charge in [-0.25, -0.2) is 9.59 Å². The molecule has 1 amide bonds. The molecule has 0 spiro atoms. The molecule has 1 atom stereocenters. The fraction of sp³-hybridized carbons (Fsp3) is 0.467. The Morgan fingerprint density at radius 3 is 2.60 bits per heavy atom. The van der Waals surface area contributed by atoms with Crippen molar-refractivity contribution in [1.29, 1.82) is 0 Å². The van der Waals surface area contributed by atoms with E-state index in [1.807, 2.05) is 44.2 Å². The van der Waals surface area contributed by atoms with Gasteiger partial charge in [0.15, 0.2) is 0 Å². The molecule has 1 unspecified atom stereocenters. The number of hydrogen-bond donors (Lipinski definition) is 1. The Morgan fingerprint density at radius 2 is 2.00 bits per heavy atom. The van der Waals surface area contributed by atoms with Crippen LogP contribution in [0.25, 0.3) is 0 Å². The van der Waals surface area contributed by atoms with Crippen molar-refractivity contribution in [1.82, 2.24) is 4.90 Å². The highest BCUT2D eigenvalue weighted by atomic mass is 16.6. The van der Waals surface area contributed by atoms with Gasteiger partial charge in [-0.15, -0.1) is 0 Å². The first-order valence-electron chi connectivity index (χ1n) is 6.64. The fourth-order valence-electron chi connectivity index (χ4n) is 2.56. The summed E-state index contributed by atoms with van der Waals surface area (Å²) >= 11 is 0. The summed E-state index contributed by atoms with van der Waals surface area (Å²) in [5, 5.41) is 9.20. The first-order chi connectivity index (χ1) is 9.42. The van der Waals surface area contributed by atoms with Crippen molar-refractivity contribution in [3.05, 3.63) is 35.9 Å². The quantitative estimate of drug-likeness (QED) is 0.922. The predicted octanol–water partition coefficient (Wildman–Crippen LogP) is 2.65. The first-order valence-corrected chi connectivity index (χ1v) is 6.64. The largest absolute Gasteiger partial charge is 0.480 e. The second-order valence-corrected chi connectivity index (χ2v) is 5.62. The van der Waals surface area contributed by atoms with Crippen molar-refractivity contribution < 1.29 is 19.4 Å². The van der Waals surface area contributed by atoms with Gasteiger partial charge in [-0.2, -0.15) is 0 Å². The number of likely N-dealkylation sites (tertiary alicyclic amines) is 1. The summed E-state index contributed by atoms with van der Waals surface area (Å²) in [5.41, 5.74) is 0.390. The summed E-state index contributed by atoms with van der Waals surface area (Å²) in [7, 11) is 0. The third-order valence-corrected chi connectivity index (χ3v) is 3.68. The van der Waals surface area contributed by atoms with Crippen molar-refractivity contribution in [2.75, 3.05) is 0 Å². The zero-order valence-electron chi connectivity index (χ0n) is 11.7. The third-order valence-electron chi connectivity index (χ3n) is 3.68. The molecule has 1 aliphatic heterocycles. The maximum atomic E-state index is 12.2. The van der Waals surface area contributed by atoms with Gasteiger partial charge in [0.25, 0.3) is 0 Å². The lowest BCUT2D eigenvalue weighted by atomic mass is 10.0. The van der Waals surface area contributed by atoms with E-state index in [2.05, 4.69) is 0 Å². The molecular formula is C15H19NO4. The van der Waals surface area contributed by atoms with Gasteiger partial charge in [-0.3, -0.25) is 4.90 Å². The summed E-state index contributed by atoms with van der Waals surface area (Å²) in [6.45, 7) is 3.87. The maximum Gasteiger partial charge on any atom is 0.411 e. The van der Waals surface area contributed by atoms with Crippen LogP contribution < -0.4 is 0 Å². The Labute approximate surface area is 118 Å². The van der Waals surface area contributed by atoms with E-state index in [0.717, 1.165) is 5.56 Å². The summed E-state index contributed by atoms with van der Waals surface area (Å²) in [6, 6.07) is 8.53. The minimum Gasteiger partial charge on any atom is -0.480 e. The average molecular weight is 277 g/mol. The molecule has 0 saturated carbocycles. The highest BCUT2D eigenvalue weighted by molar-refractivity contribution is 5.81. The highest BCUT2D eigenvalue weighted by Crippen LogP contribution is 2.34. The molecule has 1 aliphatic rings. The van der Waals surface area contributed by atoms with Crippen LogP contribution in [0.3, 0.4) is 0 Å². The van der Waals surface area contributed by atoms with Gasteiger partial charge in [0.2, 0.25) is 0 Å². The number of rotatable bonds is 3. The van der Waals surface area contributed by atoms with Gasteiger partial charge in [0, 0.05) is 5.54 Å². The zero-order chi connectivity index (χ0) is 14.8. The standard InChI is InChI=1S/C15H19NO4/c1-15(2)9-8-12(13(17)18)16(15)14(19)20-10-11-6-4-3-5-7-11/h3-7,12H,8-10H2,1-2H3,(H,17,18). The Bertz CT molecular complexity index is 498. The Balaban J connectivity index is 2.04. The van der Waals surface area contributed by atoms with E-state index in [9.17, 15) is 14.7 Å². The molecule has 1 N–H and O–H groups in total. The van der Waals surface area contributed by atoms with Crippen LogP contribution in [0.15, 0.2) is 30.3 Å². The van der Waals surface area contributed by atoms with Gasteiger partial charge in [-0.05, 0) is 32.3 Å². The van der Waals surface area contributed by atoms with E-state index in [4.69, 9.17) is 4.74 Å². The lowest BCUT2D eigenvalue weighted by Crippen LogP contribution is -2.50. The van der Waals surface area contributed by atoms with Crippen LogP contribution in [0.4, 0.5) is 4.79 Å². The fourth-order valence-corrected chi connectivity index (χ4v) is 2.56. The van der Waals surface area contributed by atoms with Crippen LogP contribution in [-0.2, 0) is 16.1 Å². The molecule has 1 aromatic carbocycles. The zero-order valence-corrected chi connectivity index (χ0v) is 11.7. The van der Waals surface area contributed by atoms with E-state index in [0.29, 0.717) is 12.8 Å². The molecule has 2 rings (SSSR count). The number of carbonyl (C=O) groups is 2. The summed E-state index contributed by atoms with van der Waals surface area (Å²) in [4.78, 5) is 24.8. The monoisotopic (exact) mass is 277 g/mol. The minimum atomic E-state index is -0.979. The normalized spacial score (nSPS) is 20.7. The average Bonchev–Trinajstić information content (AvgIpc) is 2.73. The van der Waals surface area contributed by atoms with E-state index in [1.165, 1.54) is 4.90 Å². The number of carbonyl (C=O) groups excluding carboxylic acids is 1. The van der Waals surface area contributed by atoms with Crippen molar-refractivity contribution >= 4 is 12.1 Å². The smallest absolute Gasteiger partial charge is 0.411 e. The summed E-state index contributed by atoms with van der Waals surface area (Å²) in [6.07, 6.45) is 0.552. The minimum absolute atomic E-state index is 0.151. The number of benzene rings is 1. The van der Waals surface area contributed by atoms with Gasteiger partial charge >= 0.3 is 12.1 Å². The topological polar surface area (TPSA) is 66.8 Å². The molecule has 1 aromatic rings. The summed E-state index contributed by atoms with van der Waals surface area (Å²) < 4.78 is 5.25. The molecule has 1 saturated heterocycles. The number of nitrogens with zero attached hydrogens (tertiary/aromatic N) is 1. The molecule has 0 aromatic heterocycles. The molecule has 0 bridgehead atoms. The van der Waals surface area contributed by atoms with Gasteiger partial charge in [-0.1, -0.05) is 30.3 Å². The van der Waals surface area contributed by atoms with Gasteiger partial charge in [0.05, 0.1) is 0 Å². The molecule has 1 fully saturated rings. The molecule has 5 heteroatoms. The van der Waals surface area contributed by atoms with Crippen molar-refractivity contribution in [2.45, 2.75) is 44.9 Å². The maximum absolute atomic E-state index is 12.2. The van der Waals surface area contributed by atoms with E-state index in [-0.39, 0.29) is 6.61 Å². The van der Waals surface area contributed by atoms with E-state index < -0.39 is 23.6 Å². The number of amides is 1. The van der Waals surface area contributed by atoms with Crippen molar-refractivity contribution in [3.63, 3.8) is 0 Å². The van der Waals surface area contributed by atoms with Crippen molar-refractivity contribution in [2.24, 2.45) is 0 Å². The SMILES string of the molecule is CC1(C)CCC(C(=O)O)N1C(=O)OCc1ccccc1. The van der Waals surface area contributed by atoms with Crippen LogP contribution >= 0.6 is 0 Å². The second kappa shape index (κ2) is 5.53. The summed E-state index contributed by atoms with van der Waals surface area (Å²) in [5.74, 6) is -0.979. The highest BCUT2D eigenvalue weighted by Gasteiger charge is 2.46. The number of carboxylic acid groups (broad SMARTS) is 1. The lowest BCUT2D eigenvalue weighted by Gasteiger charge is -2.33. The van der Waals surface area contributed by atoms with Crippen LogP contribution in [0.2, 0.25) is 0 Å². The number of ether oxygens (including phenoxy) is 1. The van der Waals surface area contributed by atoms with Crippen LogP contribution in [0, 0.1) is 0 Å². The molecule has 0 aliphatic carbocycles. The second-order valence-electron chi connectivity index (χ2n) is 5.62. The van der Waals surface area contributed by atoms with Crippen LogP contribution in [0.5, 0.6) is 0 Å². The molecule has 5 nitrogen and oxygen atoms in total. The van der Waals surface area contributed by atoms with Gasteiger partial charge < -0.3 is 9.84 Å². The van der Waals surface area contributed by atoms with Crippen LogP contribution in [0.1, 0.15) is 32.3 Å². The Kier molecular flexibility index (Phi) is 3.97. The Hall–Kier alpha value is -2.04. The van der Waals surface area contributed by atoms with Crippen molar-refractivity contribution in [3.8, 4) is 0 Å². The first kappa shape index (κ1) is 14.4.